The second kappa shape index (κ2) is 3.70. The molecule has 1 aromatic carbocycles. The fraction of sp³-hybridized carbons (Fsp3) is 0.364. The fourth-order valence-corrected chi connectivity index (χ4v) is 1.81. The van der Waals surface area contributed by atoms with Gasteiger partial charge in [0.15, 0.2) is 0 Å². The summed E-state index contributed by atoms with van der Waals surface area (Å²) in [6.07, 6.45) is 2.52. The average Bonchev–Trinajstić information content (AvgIpc) is 2.71. The molecule has 0 saturated carbocycles. The number of hydrogen-bond acceptors (Lipinski definition) is 2. The molecule has 0 atom stereocenters. The highest BCUT2D eigenvalue weighted by molar-refractivity contribution is 5.93. The molecule has 1 aromatic rings. The van der Waals surface area contributed by atoms with E-state index >= 15 is 0 Å². The number of benzene rings is 1. The Kier molecular flexibility index (Phi) is 2.39. The first-order valence-corrected chi connectivity index (χ1v) is 4.92. The number of primary amides is 1. The van der Waals surface area contributed by atoms with E-state index in [9.17, 15) is 4.79 Å². The lowest BCUT2D eigenvalue weighted by Gasteiger charge is -2.17. The first-order valence-electron chi connectivity index (χ1n) is 4.92. The second-order valence-corrected chi connectivity index (χ2v) is 3.61. The number of carbonyl (C=O) groups excluding carboxylic acids is 1. The second-order valence-electron chi connectivity index (χ2n) is 3.61. The summed E-state index contributed by atoms with van der Waals surface area (Å²) < 4.78 is 0. The van der Waals surface area contributed by atoms with Gasteiger partial charge in [-0.05, 0) is 37.1 Å². The van der Waals surface area contributed by atoms with Gasteiger partial charge in [0.25, 0.3) is 0 Å². The minimum atomic E-state index is -0.363. The van der Waals surface area contributed by atoms with Crippen LogP contribution in [0, 0.1) is 0 Å². The van der Waals surface area contributed by atoms with E-state index in [1.54, 1.807) is 12.1 Å². The minimum Gasteiger partial charge on any atom is -0.372 e. The largest absolute Gasteiger partial charge is 0.372 e. The Morgan fingerprint density at radius 1 is 1.14 bits per heavy atom. The molecule has 1 saturated heterocycles. The number of amides is 1. The molecule has 1 aliphatic rings. The Morgan fingerprint density at radius 2 is 1.71 bits per heavy atom. The molecular formula is C11H14N2O. The monoisotopic (exact) mass is 190 g/mol. The maximum absolute atomic E-state index is 10.8. The summed E-state index contributed by atoms with van der Waals surface area (Å²) in [5.41, 5.74) is 6.93. The molecule has 1 amide bonds. The number of nitrogens with zero attached hydrogens (tertiary/aromatic N) is 1. The molecular weight excluding hydrogens is 176 g/mol. The Bertz CT molecular complexity index is 326. The Morgan fingerprint density at radius 3 is 2.21 bits per heavy atom. The van der Waals surface area contributed by atoms with Crippen LogP contribution in [0.25, 0.3) is 0 Å². The van der Waals surface area contributed by atoms with E-state index in [2.05, 4.69) is 4.90 Å². The van der Waals surface area contributed by atoms with Gasteiger partial charge in [-0.2, -0.15) is 0 Å². The number of carbonyl (C=O) groups is 1. The minimum absolute atomic E-state index is 0.363. The van der Waals surface area contributed by atoms with Crippen LogP contribution in [-0.4, -0.2) is 19.0 Å². The first-order chi connectivity index (χ1) is 6.77. The molecule has 0 radical (unpaired) electrons. The van der Waals surface area contributed by atoms with Crippen LogP contribution in [0.3, 0.4) is 0 Å². The molecule has 14 heavy (non-hydrogen) atoms. The predicted molar refractivity (Wildman–Crippen MR) is 56.4 cm³/mol. The van der Waals surface area contributed by atoms with Crippen molar-refractivity contribution in [1.82, 2.24) is 0 Å². The van der Waals surface area contributed by atoms with Gasteiger partial charge in [0.1, 0.15) is 0 Å². The zero-order valence-electron chi connectivity index (χ0n) is 8.07. The van der Waals surface area contributed by atoms with Crippen molar-refractivity contribution in [2.24, 2.45) is 5.73 Å². The smallest absolute Gasteiger partial charge is 0.248 e. The van der Waals surface area contributed by atoms with Crippen molar-refractivity contribution < 1.29 is 4.79 Å². The molecule has 0 aliphatic carbocycles. The van der Waals surface area contributed by atoms with E-state index in [4.69, 9.17) is 5.73 Å². The summed E-state index contributed by atoms with van der Waals surface area (Å²) in [5.74, 6) is -0.363. The Balaban J connectivity index is 2.16. The van der Waals surface area contributed by atoms with Crippen molar-refractivity contribution in [3.05, 3.63) is 29.8 Å². The lowest BCUT2D eigenvalue weighted by Crippen LogP contribution is -2.18. The molecule has 0 bridgehead atoms. The van der Waals surface area contributed by atoms with Gasteiger partial charge >= 0.3 is 0 Å². The fourth-order valence-electron chi connectivity index (χ4n) is 1.81. The number of rotatable bonds is 2. The third kappa shape index (κ3) is 1.71. The van der Waals surface area contributed by atoms with Crippen LogP contribution in [0.1, 0.15) is 23.2 Å². The van der Waals surface area contributed by atoms with Crippen molar-refractivity contribution in [2.75, 3.05) is 18.0 Å². The maximum atomic E-state index is 10.8. The van der Waals surface area contributed by atoms with Crippen LogP contribution < -0.4 is 10.6 Å². The standard InChI is InChI=1S/C11H14N2O/c12-11(14)9-3-5-10(6-4-9)13-7-1-2-8-13/h3-6H,1-2,7-8H2,(H2,12,14). The van der Waals surface area contributed by atoms with Crippen LogP contribution in [0.4, 0.5) is 5.69 Å². The van der Waals surface area contributed by atoms with E-state index in [-0.39, 0.29) is 5.91 Å². The number of hydrogen-bond donors (Lipinski definition) is 1. The van der Waals surface area contributed by atoms with E-state index in [0.29, 0.717) is 5.56 Å². The third-order valence-electron chi connectivity index (χ3n) is 2.62. The zero-order valence-corrected chi connectivity index (χ0v) is 8.07. The lowest BCUT2D eigenvalue weighted by molar-refractivity contribution is 0.100. The summed E-state index contributed by atoms with van der Waals surface area (Å²) in [5, 5.41) is 0. The van der Waals surface area contributed by atoms with Crippen molar-refractivity contribution in [1.29, 1.82) is 0 Å². The Hall–Kier alpha value is -1.51. The third-order valence-corrected chi connectivity index (χ3v) is 2.62. The molecule has 3 heteroatoms. The highest BCUT2D eigenvalue weighted by atomic mass is 16.1. The van der Waals surface area contributed by atoms with Gasteiger partial charge in [-0.25, -0.2) is 0 Å². The van der Waals surface area contributed by atoms with Gasteiger partial charge in [-0.3, -0.25) is 4.79 Å². The van der Waals surface area contributed by atoms with Crippen LogP contribution in [0.2, 0.25) is 0 Å². The van der Waals surface area contributed by atoms with Gasteiger partial charge in [0, 0.05) is 24.3 Å². The molecule has 1 fully saturated rings. The van der Waals surface area contributed by atoms with Crippen LogP contribution >= 0.6 is 0 Å². The van der Waals surface area contributed by atoms with Gasteiger partial charge < -0.3 is 10.6 Å². The van der Waals surface area contributed by atoms with Crippen molar-refractivity contribution in [2.45, 2.75) is 12.8 Å². The molecule has 1 heterocycles. The lowest BCUT2D eigenvalue weighted by atomic mass is 10.2. The molecule has 1 aliphatic heterocycles. The van der Waals surface area contributed by atoms with Gasteiger partial charge in [-0.15, -0.1) is 0 Å². The highest BCUT2D eigenvalue weighted by Gasteiger charge is 2.12. The Labute approximate surface area is 83.5 Å². The van der Waals surface area contributed by atoms with Crippen LogP contribution in [0.5, 0.6) is 0 Å². The van der Waals surface area contributed by atoms with Gasteiger partial charge in [0.05, 0.1) is 0 Å². The average molecular weight is 190 g/mol. The molecule has 0 unspecified atom stereocenters. The summed E-state index contributed by atoms with van der Waals surface area (Å²) in [4.78, 5) is 13.2. The van der Waals surface area contributed by atoms with Crippen molar-refractivity contribution in [3.63, 3.8) is 0 Å². The van der Waals surface area contributed by atoms with Crippen LogP contribution in [0.15, 0.2) is 24.3 Å². The summed E-state index contributed by atoms with van der Waals surface area (Å²) in [6.45, 7) is 2.24. The topological polar surface area (TPSA) is 46.3 Å². The molecule has 74 valence electrons. The highest BCUT2D eigenvalue weighted by Crippen LogP contribution is 2.20. The first kappa shape index (κ1) is 9.06. The van der Waals surface area contributed by atoms with E-state index in [1.807, 2.05) is 12.1 Å². The molecule has 0 aromatic heterocycles. The van der Waals surface area contributed by atoms with E-state index in [0.717, 1.165) is 13.1 Å². The SMILES string of the molecule is NC(=O)c1ccc(N2CCCC2)cc1. The number of anilines is 1. The molecule has 2 rings (SSSR count). The maximum Gasteiger partial charge on any atom is 0.248 e. The summed E-state index contributed by atoms with van der Waals surface area (Å²) in [7, 11) is 0. The van der Waals surface area contributed by atoms with Gasteiger partial charge in [-0.1, -0.05) is 0 Å². The molecule has 2 N–H and O–H groups in total. The van der Waals surface area contributed by atoms with Crippen LogP contribution in [-0.2, 0) is 0 Å². The molecule has 0 spiro atoms. The summed E-state index contributed by atoms with van der Waals surface area (Å²) >= 11 is 0. The number of nitrogens with two attached hydrogens (primary N) is 1. The van der Waals surface area contributed by atoms with E-state index < -0.39 is 0 Å². The quantitative estimate of drug-likeness (QED) is 0.766. The predicted octanol–water partition coefficient (Wildman–Crippen LogP) is 1.39. The van der Waals surface area contributed by atoms with Gasteiger partial charge in [0.2, 0.25) is 5.91 Å². The van der Waals surface area contributed by atoms with Crippen molar-refractivity contribution >= 4 is 11.6 Å². The zero-order chi connectivity index (χ0) is 9.97. The van der Waals surface area contributed by atoms with Crippen molar-refractivity contribution in [3.8, 4) is 0 Å². The summed E-state index contributed by atoms with van der Waals surface area (Å²) in [6, 6.07) is 7.50. The van der Waals surface area contributed by atoms with E-state index in [1.165, 1.54) is 18.5 Å². The molecule has 3 nitrogen and oxygen atoms in total. The normalized spacial score (nSPS) is 15.9.